The first-order chi connectivity index (χ1) is 33.0. The smallest absolute Gasteiger partial charge is 0.306 e. The normalized spacial score (nSPS) is 12.9. The minimum atomic E-state index is -0.781. The van der Waals surface area contributed by atoms with E-state index in [0.29, 0.717) is 19.3 Å². The van der Waals surface area contributed by atoms with Crippen LogP contribution in [0.1, 0.15) is 239 Å². The van der Waals surface area contributed by atoms with E-state index >= 15 is 0 Å². The number of esters is 3. The van der Waals surface area contributed by atoms with Crippen molar-refractivity contribution >= 4 is 17.9 Å². The van der Waals surface area contributed by atoms with E-state index in [1.54, 1.807) is 0 Å². The van der Waals surface area contributed by atoms with Gasteiger partial charge in [-0.1, -0.05) is 226 Å². The fraction of sp³-hybridized carbons (Fsp3) is 0.656. The van der Waals surface area contributed by atoms with E-state index in [0.717, 1.165) is 135 Å². The van der Waals surface area contributed by atoms with Crippen molar-refractivity contribution in [2.45, 2.75) is 245 Å². The third-order valence-electron chi connectivity index (χ3n) is 11.3. The minimum Gasteiger partial charge on any atom is -0.462 e. The van der Waals surface area contributed by atoms with Crippen LogP contribution in [0.25, 0.3) is 0 Å². The largest absolute Gasteiger partial charge is 0.462 e. The summed E-state index contributed by atoms with van der Waals surface area (Å²) in [4.78, 5) is 37.6. The van der Waals surface area contributed by atoms with Crippen molar-refractivity contribution in [2.75, 3.05) is 13.2 Å². The van der Waals surface area contributed by atoms with Crippen molar-refractivity contribution in [2.24, 2.45) is 0 Å². The third kappa shape index (κ3) is 52.9. The maximum atomic E-state index is 12.7. The molecule has 0 rings (SSSR count). The molecule has 1 atom stereocenters. The summed E-state index contributed by atoms with van der Waals surface area (Å²) >= 11 is 0. The van der Waals surface area contributed by atoms with Gasteiger partial charge in [-0.15, -0.1) is 0 Å². The molecule has 0 amide bonds. The quantitative estimate of drug-likeness (QED) is 0.0262. The first-order valence-electron chi connectivity index (χ1n) is 27.4. The Bertz CT molecular complexity index is 1390. The zero-order valence-corrected chi connectivity index (χ0v) is 43.4. The van der Waals surface area contributed by atoms with Gasteiger partial charge in [0.2, 0.25) is 0 Å². The molecule has 6 heteroatoms. The first-order valence-corrected chi connectivity index (χ1v) is 27.4. The zero-order valence-electron chi connectivity index (χ0n) is 43.4. The number of rotatable bonds is 48. The molecule has 0 aromatic rings. The molecule has 0 aliphatic carbocycles. The standard InChI is InChI=1S/C61H100O6/c1-4-7-10-13-15-17-19-20-21-22-23-24-25-26-27-28-29-30-31-32-33-34-35-36-37-38-39-40-42-43-45-48-51-54-60(63)66-57-58(56-65-59(62)53-50-47-12-9-6-3)67-61(64)55-52-49-46-44-41-18-16-14-11-8-5-2/h7,10,14-17,20-21,23-24,26-27,29-30,32-33,35-36,58H,4-6,8-9,11-13,18-19,22,25,28,31,34,37-57H2,1-3H3/b10-7-,16-14-,17-15-,21-20-,24-23-,27-26-,30-29-,33-32-,36-35-. The van der Waals surface area contributed by atoms with Crippen LogP contribution in [0.2, 0.25) is 0 Å². The van der Waals surface area contributed by atoms with Crippen LogP contribution in [-0.4, -0.2) is 37.2 Å². The molecule has 0 saturated heterocycles. The highest BCUT2D eigenvalue weighted by Gasteiger charge is 2.19. The van der Waals surface area contributed by atoms with Gasteiger partial charge in [-0.2, -0.15) is 0 Å². The maximum Gasteiger partial charge on any atom is 0.306 e. The van der Waals surface area contributed by atoms with E-state index in [9.17, 15) is 14.4 Å². The summed E-state index contributed by atoms with van der Waals surface area (Å²) < 4.78 is 16.6. The van der Waals surface area contributed by atoms with Crippen LogP contribution in [0.5, 0.6) is 0 Å². The molecule has 67 heavy (non-hydrogen) atoms. The summed E-state index contributed by atoms with van der Waals surface area (Å²) in [5.74, 6) is -0.923. The topological polar surface area (TPSA) is 78.9 Å². The number of hydrogen-bond donors (Lipinski definition) is 0. The number of carbonyl (C=O) groups excluding carboxylic acids is 3. The van der Waals surface area contributed by atoms with Crippen LogP contribution in [0.3, 0.4) is 0 Å². The second-order valence-corrected chi connectivity index (χ2v) is 17.8. The Labute approximate surface area is 412 Å². The fourth-order valence-electron chi connectivity index (χ4n) is 7.14. The fourth-order valence-corrected chi connectivity index (χ4v) is 7.14. The van der Waals surface area contributed by atoms with Crippen LogP contribution in [0.15, 0.2) is 109 Å². The van der Waals surface area contributed by atoms with E-state index in [-0.39, 0.29) is 31.1 Å². The highest BCUT2D eigenvalue weighted by molar-refractivity contribution is 5.71. The molecule has 0 aliphatic heterocycles. The molecule has 6 nitrogen and oxygen atoms in total. The highest BCUT2D eigenvalue weighted by Crippen LogP contribution is 2.14. The average molecular weight is 929 g/mol. The zero-order chi connectivity index (χ0) is 48.6. The lowest BCUT2D eigenvalue weighted by Gasteiger charge is -2.18. The monoisotopic (exact) mass is 929 g/mol. The summed E-state index contributed by atoms with van der Waals surface area (Å²) in [5.41, 5.74) is 0. The SMILES string of the molecule is CC/C=C\C/C=C\C/C=C\C/C=C\C/C=C\C/C=C\C/C=C\C/C=C\CCCCCCCCCCC(=O)OCC(COC(=O)CCCCCCC)OC(=O)CCCCCCC/C=C\CCCC. The summed E-state index contributed by atoms with van der Waals surface area (Å²) in [6, 6.07) is 0. The number of ether oxygens (including phenoxy) is 3. The molecular weight excluding hydrogens is 829 g/mol. The van der Waals surface area contributed by atoms with Gasteiger partial charge in [0, 0.05) is 19.3 Å². The lowest BCUT2D eigenvalue weighted by atomic mass is 10.1. The van der Waals surface area contributed by atoms with Crippen LogP contribution >= 0.6 is 0 Å². The molecule has 0 aromatic heterocycles. The summed E-state index contributed by atoms with van der Waals surface area (Å²) in [7, 11) is 0. The number of unbranched alkanes of at least 4 members (excludes halogenated alkanes) is 19. The molecule has 0 bridgehead atoms. The molecule has 0 radical (unpaired) electrons. The van der Waals surface area contributed by atoms with Crippen molar-refractivity contribution in [3.63, 3.8) is 0 Å². The van der Waals surface area contributed by atoms with E-state index in [4.69, 9.17) is 14.2 Å². The average Bonchev–Trinajstić information content (AvgIpc) is 3.33. The van der Waals surface area contributed by atoms with Gasteiger partial charge in [0.25, 0.3) is 0 Å². The van der Waals surface area contributed by atoms with Crippen molar-refractivity contribution in [3.05, 3.63) is 109 Å². The third-order valence-corrected chi connectivity index (χ3v) is 11.3. The Morgan fingerprint density at radius 1 is 0.313 bits per heavy atom. The van der Waals surface area contributed by atoms with E-state index in [1.165, 1.54) is 64.2 Å². The van der Waals surface area contributed by atoms with Crippen molar-refractivity contribution < 1.29 is 28.6 Å². The van der Waals surface area contributed by atoms with Crippen LogP contribution in [-0.2, 0) is 28.6 Å². The van der Waals surface area contributed by atoms with Crippen LogP contribution < -0.4 is 0 Å². The van der Waals surface area contributed by atoms with Gasteiger partial charge in [-0.25, -0.2) is 0 Å². The lowest BCUT2D eigenvalue weighted by Crippen LogP contribution is -2.30. The molecule has 0 heterocycles. The Kier molecular flexibility index (Phi) is 51.5. The van der Waals surface area contributed by atoms with Gasteiger partial charge < -0.3 is 14.2 Å². The second kappa shape index (κ2) is 54.7. The van der Waals surface area contributed by atoms with E-state index in [1.807, 2.05) is 0 Å². The summed E-state index contributed by atoms with van der Waals surface area (Å²) in [6.07, 6.45) is 74.2. The highest BCUT2D eigenvalue weighted by atomic mass is 16.6. The van der Waals surface area contributed by atoms with Gasteiger partial charge in [0.1, 0.15) is 13.2 Å². The van der Waals surface area contributed by atoms with E-state index < -0.39 is 6.10 Å². The van der Waals surface area contributed by atoms with Gasteiger partial charge >= 0.3 is 17.9 Å². The Morgan fingerprint density at radius 3 is 0.970 bits per heavy atom. The molecule has 0 fully saturated rings. The Hall–Kier alpha value is -3.93. The molecule has 0 N–H and O–H groups in total. The Balaban J connectivity index is 4.04. The van der Waals surface area contributed by atoms with Crippen LogP contribution in [0.4, 0.5) is 0 Å². The molecule has 0 aromatic carbocycles. The Morgan fingerprint density at radius 2 is 0.597 bits per heavy atom. The van der Waals surface area contributed by atoms with Gasteiger partial charge in [0.05, 0.1) is 0 Å². The predicted octanol–water partition coefficient (Wildman–Crippen LogP) is 18.3. The number of allylic oxidation sites excluding steroid dienone is 18. The van der Waals surface area contributed by atoms with Crippen LogP contribution in [0, 0.1) is 0 Å². The molecule has 1 unspecified atom stereocenters. The first kappa shape index (κ1) is 63.1. The number of carbonyl (C=O) groups is 3. The maximum absolute atomic E-state index is 12.7. The van der Waals surface area contributed by atoms with Crippen molar-refractivity contribution in [1.29, 1.82) is 0 Å². The molecule has 0 saturated carbocycles. The molecule has 380 valence electrons. The lowest BCUT2D eigenvalue weighted by molar-refractivity contribution is -0.167. The molecular formula is C61H100O6. The van der Waals surface area contributed by atoms with Gasteiger partial charge in [0.15, 0.2) is 6.10 Å². The summed E-state index contributed by atoms with van der Waals surface area (Å²) in [5, 5.41) is 0. The second-order valence-electron chi connectivity index (χ2n) is 17.8. The molecule has 0 spiro atoms. The van der Waals surface area contributed by atoms with Crippen molar-refractivity contribution in [3.8, 4) is 0 Å². The van der Waals surface area contributed by atoms with Crippen molar-refractivity contribution in [1.82, 2.24) is 0 Å². The predicted molar refractivity (Wildman–Crippen MR) is 288 cm³/mol. The van der Waals surface area contributed by atoms with Gasteiger partial charge in [-0.05, 0) is 103 Å². The number of hydrogen-bond acceptors (Lipinski definition) is 6. The van der Waals surface area contributed by atoms with Gasteiger partial charge in [-0.3, -0.25) is 14.4 Å². The molecule has 0 aliphatic rings. The minimum absolute atomic E-state index is 0.0848. The summed E-state index contributed by atoms with van der Waals surface area (Å²) in [6.45, 7) is 6.37. The van der Waals surface area contributed by atoms with E-state index in [2.05, 4.69) is 130 Å².